The predicted octanol–water partition coefficient (Wildman–Crippen LogP) is 1.28. The Morgan fingerprint density at radius 3 is 2.36 bits per heavy atom. The fourth-order valence-electron chi connectivity index (χ4n) is 1.25. The number of hydrogen-bond donors (Lipinski definition) is 2. The van der Waals surface area contributed by atoms with E-state index in [1.165, 1.54) is 0 Å². The SMILES string of the molecule is CC[C@@H](CO)Nc1nc(C)cc(C)n1. The van der Waals surface area contributed by atoms with E-state index in [1.54, 1.807) is 0 Å². The minimum Gasteiger partial charge on any atom is -0.394 e. The molecule has 14 heavy (non-hydrogen) atoms. The number of aryl methyl sites for hydroxylation is 2. The Kier molecular flexibility index (Phi) is 3.83. The first-order valence-electron chi connectivity index (χ1n) is 4.85. The molecule has 2 N–H and O–H groups in total. The van der Waals surface area contributed by atoms with Crippen molar-refractivity contribution in [1.29, 1.82) is 0 Å². The first-order valence-corrected chi connectivity index (χ1v) is 4.85. The summed E-state index contributed by atoms with van der Waals surface area (Å²) in [6, 6.07) is 1.96. The minimum absolute atomic E-state index is 0.0381. The number of aliphatic hydroxyl groups is 1. The van der Waals surface area contributed by atoms with Crippen molar-refractivity contribution in [3.05, 3.63) is 17.5 Å². The molecule has 1 atom stereocenters. The second-order valence-corrected chi connectivity index (χ2v) is 3.41. The average molecular weight is 195 g/mol. The van der Waals surface area contributed by atoms with Gasteiger partial charge in [0, 0.05) is 11.4 Å². The van der Waals surface area contributed by atoms with E-state index in [0.717, 1.165) is 17.8 Å². The molecule has 0 unspecified atom stereocenters. The summed E-state index contributed by atoms with van der Waals surface area (Å²) in [4.78, 5) is 8.47. The molecule has 1 aromatic heterocycles. The number of aromatic nitrogens is 2. The Morgan fingerprint density at radius 2 is 1.93 bits per heavy atom. The van der Waals surface area contributed by atoms with Gasteiger partial charge in [-0.15, -0.1) is 0 Å². The number of rotatable bonds is 4. The summed E-state index contributed by atoms with van der Waals surface area (Å²) < 4.78 is 0. The van der Waals surface area contributed by atoms with Crippen LogP contribution in [0.4, 0.5) is 5.95 Å². The molecule has 0 saturated heterocycles. The van der Waals surface area contributed by atoms with E-state index in [0.29, 0.717) is 5.95 Å². The lowest BCUT2D eigenvalue weighted by molar-refractivity contribution is 0.271. The van der Waals surface area contributed by atoms with Crippen LogP contribution < -0.4 is 5.32 Å². The van der Waals surface area contributed by atoms with Crippen LogP contribution in [0.2, 0.25) is 0 Å². The van der Waals surface area contributed by atoms with Gasteiger partial charge in [0.05, 0.1) is 12.6 Å². The minimum atomic E-state index is 0.0381. The number of aliphatic hydroxyl groups excluding tert-OH is 1. The standard InChI is InChI=1S/C10H17N3O/c1-4-9(6-14)13-10-11-7(2)5-8(3)12-10/h5,9,14H,4,6H2,1-3H3,(H,11,12,13)/t9-/m0/s1. The molecule has 1 aromatic rings. The largest absolute Gasteiger partial charge is 0.394 e. The Morgan fingerprint density at radius 1 is 1.36 bits per heavy atom. The van der Waals surface area contributed by atoms with Gasteiger partial charge >= 0.3 is 0 Å². The molecular weight excluding hydrogens is 178 g/mol. The second kappa shape index (κ2) is 4.91. The van der Waals surface area contributed by atoms with Gasteiger partial charge in [-0.3, -0.25) is 0 Å². The van der Waals surface area contributed by atoms with Crippen molar-refractivity contribution in [3.63, 3.8) is 0 Å². The molecule has 0 aliphatic carbocycles. The topological polar surface area (TPSA) is 58.0 Å². The van der Waals surface area contributed by atoms with Crippen molar-refractivity contribution in [3.8, 4) is 0 Å². The van der Waals surface area contributed by atoms with Crippen LogP contribution >= 0.6 is 0 Å². The summed E-state index contributed by atoms with van der Waals surface area (Å²) in [7, 11) is 0. The number of hydrogen-bond acceptors (Lipinski definition) is 4. The van der Waals surface area contributed by atoms with Crippen LogP contribution in [0.15, 0.2) is 6.07 Å². The summed E-state index contributed by atoms with van der Waals surface area (Å²) in [5, 5.41) is 12.1. The van der Waals surface area contributed by atoms with E-state index in [1.807, 2.05) is 26.8 Å². The summed E-state index contributed by atoms with van der Waals surface area (Å²) in [5.74, 6) is 0.600. The molecule has 1 heterocycles. The molecule has 4 nitrogen and oxygen atoms in total. The van der Waals surface area contributed by atoms with Gasteiger partial charge in [0.25, 0.3) is 0 Å². The monoisotopic (exact) mass is 195 g/mol. The summed E-state index contributed by atoms with van der Waals surface area (Å²) >= 11 is 0. The van der Waals surface area contributed by atoms with Crippen molar-refractivity contribution in [2.75, 3.05) is 11.9 Å². The molecule has 0 amide bonds. The molecular formula is C10H17N3O. The molecule has 1 rings (SSSR count). The lowest BCUT2D eigenvalue weighted by Crippen LogP contribution is -2.24. The zero-order valence-corrected chi connectivity index (χ0v) is 8.91. The Hall–Kier alpha value is -1.16. The van der Waals surface area contributed by atoms with Crippen LogP contribution in [-0.4, -0.2) is 27.7 Å². The molecule has 0 aliphatic heterocycles. The van der Waals surface area contributed by atoms with E-state index in [4.69, 9.17) is 5.11 Å². The van der Waals surface area contributed by atoms with E-state index in [2.05, 4.69) is 15.3 Å². The normalized spacial score (nSPS) is 12.6. The van der Waals surface area contributed by atoms with E-state index >= 15 is 0 Å². The fraction of sp³-hybridized carbons (Fsp3) is 0.600. The molecule has 0 fully saturated rings. The fourth-order valence-corrected chi connectivity index (χ4v) is 1.25. The molecule has 0 saturated carbocycles. The maximum absolute atomic E-state index is 9.01. The summed E-state index contributed by atoms with van der Waals surface area (Å²) in [6.45, 7) is 5.98. The second-order valence-electron chi connectivity index (χ2n) is 3.41. The summed E-state index contributed by atoms with van der Waals surface area (Å²) in [6.07, 6.45) is 0.854. The van der Waals surface area contributed by atoms with E-state index in [-0.39, 0.29) is 12.6 Å². The van der Waals surface area contributed by atoms with Gasteiger partial charge in [-0.05, 0) is 26.3 Å². The highest BCUT2D eigenvalue weighted by molar-refractivity contribution is 5.28. The maximum Gasteiger partial charge on any atom is 0.223 e. The third-order valence-corrected chi connectivity index (χ3v) is 2.03. The Bertz CT molecular complexity index is 277. The number of nitrogens with one attached hydrogen (secondary N) is 1. The Labute approximate surface area is 84.4 Å². The van der Waals surface area contributed by atoms with Crippen molar-refractivity contribution < 1.29 is 5.11 Å². The van der Waals surface area contributed by atoms with Crippen molar-refractivity contribution in [1.82, 2.24) is 9.97 Å². The zero-order chi connectivity index (χ0) is 10.6. The highest BCUT2D eigenvalue weighted by Gasteiger charge is 2.06. The zero-order valence-electron chi connectivity index (χ0n) is 8.91. The average Bonchev–Trinajstić information content (AvgIpc) is 2.12. The van der Waals surface area contributed by atoms with Crippen LogP contribution in [0.3, 0.4) is 0 Å². The van der Waals surface area contributed by atoms with Crippen molar-refractivity contribution in [2.45, 2.75) is 33.2 Å². The molecule has 0 bridgehead atoms. The molecule has 78 valence electrons. The van der Waals surface area contributed by atoms with Crippen molar-refractivity contribution >= 4 is 5.95 Å². The maximum atomic E-state index is 9.01. The molecule has 0 spiro atoms. The third kappa shape index (κ3) is 2.96. The molecule has 0 radical (unpaired) electrons. The quantitative estimate of drug-likeness (QED) is 0.759. The number of nitrogens with zero attached hydrogens (tertiary/aromatic N) is 2. The molecule has 0 aliphatic rings. The van der Waals surface area contributed by atoms with Crippen LogP contribution in [-0.2, 0) is 0 Å². The van der Waals surface area contributed by atoms with Crippen LogP contribution in [0.5, 0.6) is 0 Å². The highest BCUT2D eigenvalue weighted by atomic mass is 16.3. The first-order chi connectivity index (χ1) is 6.65. The van der Waals surface area contributed by atoms with Gasteiger partial charge in [0.15, 0.2) is 0 Å². The van der Waals surface area contributed by atoms with Crippen LogP contribution in [0, 0.1) is 13.8 Å². The van der Waals surface area contributed by atoms with Gasteiger partial charge < -0.3 is 10.4 Å². The molecule has 0 aromatic carbocycles. The van der Waals surface area contributed by atoms with E-state index in [9.17, 15) is 0 Å². The first kappa shape index (κ1) is 10.9. The predicted molar refractivity (Wildman–Crippen MR) is 56.3 cm³/mol. The van der Waals surface area contributed by atoms with E-state index < -0.39 is 0 Å². The summed E-state index contributed by atoms with van der Waals surface area (Å²) in [5.41, 5.74) is 1.88. The Balaban J connectivity index is 2.75. The van der Waals surface area contributed by atoms with Crippen molar-refractivity contribution in [2.24, 2.45) is 0 Å². The van der Waals surface area contributed by atoms with Gasteiger partial charge in [-0.25, -0.2) is 9.97 Å². The van der Waals surface area contributed by atoms with Gasteiger partial charge in [0.1, 0.15) is 0 Å². The lowest BCUT2D eigenvalue weighted by atomic mass is 10.2. The van der Waals surface area contributed by atoms with Gasteiger partial charge in [0.2, 0.25) is 5.95 Å². The highest BCUT2D eigenvalue weighted by Crippen LogP contribution is 2.06. The van der Waals surface area contributed by atoms with Gasteiger partial charge in [-0.2, -0.15) is 0 Å². The number of anilines is 1. The van der Waals surface area contributed by atoms with Crippen LogP contribution in [0.1, 0.15) is 24.7 Å². The van der Waals surface area contributed by atoms with Crippen LogP contribution in [0.25, 0.3) is 0 Å². The molecule has 4 heteroatoms. The third-order valence-electron chi connectivity index (χ3n) is 2.03. The van der Waals surface area contributed by atoms with Gasteiger partial charge in [-0.1, -0.05) is 6.92 Å². The smallest absolute Gasteiger partial charge is 0.223 e. The lowest BCUT2D eigenvalue weighted by Gasteiger charge is -2.14.